The maximum absolute atomic E-state index is 11.9. The van der Waals surface area contributed by atoms with Gasteiger partial charge < -0.3 is 16.2 Å². The van der Waals surface area contributed by atoms with Crippen LogP contribution in [0.4, 0.5) is 0 Å². The van der Waals surface area contributed by atoms with Gasteiger partial charge in [0.2, 0.25) is 5.91 Å². The summed E-state index contributed by atoms with van der Waals surface area (Å²) in [6, 6.07) is 0. The predicted octanol–water partition coefficient (Wildman–Crippen LogP) is 0.875. The number of nitrogens with two attached hydrogens (primary N) is 1. The van der Waals surface area contributed by atoms with Crippen molar-refractivity contribution in [2.75, 3.05) is 6.54 Å². The molecule has 0 heterocycles. The average molecular weight is 242 g/mol. The van der Waals surface area contributed by atoms with E-state index in [0.717, 1.165) is 19.3 Å². The summed E-state index contributed by atoms with van der Waals surface area (Å²) >= 11 is 0. The van der Waals surface area contributed by atoms with Gasteiger partial charge in [-0.25, -0.2) is 4.79 Å². The Balaban J connectivity index is 2.56. The van der Waals surface area contributed by atoms with E-state index in [9.17, 15) is 14.7 Å². The van der Waals surface area contributed by atoms with Gasteiger partial charge in [0.25, 0.3) is 0 Å². The summed E-state index contributed by atoms with van der Waals surface area (Å²) in [5.41, 5.74) is 4.37. The van der Waals surface area contributed by atoms with Crippen molar-refractivity contribution in [1.29, 1.82) is 0 Å². The van der Waals surface area contributed by atoms with Crippen LogP contribution in [-0.4, -0.2) is 29.1 Å². The number of carboxylic acids is 1. The van der Waals surface area contributed by atoms with E-state index in [1.54, 1.807) is 0 Å². The van der Waals surface area contributed by atoms with Crippen LogP contribution in [0, 0.1) is 5.92 Å². The van der Waals surface area contributed by atoms with Crippen LogP contribution in [0.15, 0.2) is 0 Å². The number of nitrogens with one attached hydrogen (secondary N) is 1. The Kier molecular flexibility index (Phi) is 4.93. The zero-order chi connectivity index (χ0) is 12.9. The van der Waals surface area contributed by atoms with Gasteiger partial charge in [-0.2, -0.15) is 0 Å². The number of hydrogen-bond acceptors (Lipinski definition) is 3. The van der Waals surface area contributed by atoms with Crippen molar-refractivity contribution in [2.45, 2.75) is 51.0 Å². The van der Waals surface area contributed by atoms with Gasteiger partial charge in [0.1, 0.15) is 5.54 Å². The van der Waals surface area contributed by atoms with E-state index < -0.39 is 11.5 Å². The smallest absolute Gasteiger partial charge is 0.329 e. The number of amides is 1. The van der Waals surface area contributed by atoms with E-state index in [4.69, 9.17) is 5.73 Å². The number of carbonyl (C=O) groups excluding carboxylic acids is 1. The average Bonchev–Trinajstić information content (AvgIpc) is 2.75. The van der Waals surface area contributed by atoms with Crippen molar-refractivity contribution in [3.8, 4) is 0 Å². The van der Waals surface area contributed by atoms with E-state index in [1.165, 1.54) is 0 Å². The molecule has 98 valence electrons. The van der Waals surface area contributed by atoms with Gasteiger partial charge in [0, 0.05) is 5.92 Å². The Morgan fingerprint density at radius 1 is 1.41 bits per heavy atom. The van der Waals surface area contributed by atoms with Crippen LogP contribution in [0.2, 0.25) is 0 Å². The van der Waals surface area contributed by atoms with Gasteiger partial charge in [0.15, 0.2) is 0 Å². The van der Waals surface area contributed by atoms with Gasteiger partial charge in [0.05, 0.1) is 0 Å². The zero-order valence-corrected chi connectivity index (χ0v) is 10.4. The van der Waals surface area contributed by atoms with E-state index in [1.807, 2.05) is 6.92 Å². The normalized spacial score (nSPS) is 19.9. The first-order chi connectivity index (χ1) is 8.02. The molecule has 0 bridgehead atoms. The van der Waals surface area contributed by atoms with Crippen molar-refractivity contribution in [3.05, 3.63) is 0 Å². The molecule has 0 aliphatic heterocycles. The minimum Gasteiger partial charge on any atom is -0.480 e. The molecular weight excluding hydrogens is 220 g/mol. The van der Waals surface area contributed by atoms with Crippen LogP contribution >= 0.6 is 0 Å². The summed E-state index contributed by atoms with van der Waals surface area (Å²) in [5, 5.41) is 12.0. The minimum absolute atomic E-state index is 0.164. The summed E-state index contributed by atoms with van der Waals surface area (Å²) < 4.78 is 0. The number of rotatable bonds is 6. The molecule has 1 aliphatic carbocycles. The third-order valence-electron chi connectivity index (χ3n) is 3.52. The van der Waals surface area contributed by atoms with Gasteiger partial charge in [-0.15, -0.1) is 0 Å². The molecule has 4 N–H and O–H groups in total. The first kappa shape index (κ1) is 14.0. The monoisotopic (exact) mass is 242 g/mol. The third kappa shape index (κ3) is 3.43. The van der Waals surface area contributed by atoms with Crippen molar-refractivity contribution < 1.29 is 14.7 Å². The standard InChI is InChI=1S/C12H22N2O3/c1-9(5-4-8-13)10(15)14-12(11(16)17)6-2-3-7-12/h9H,2-8,13H2,1H3,(H,14,15)(H,16,17). The van der Waals surface area contributed by atoms with Gasteiger partial charge in [-0.05, 0) is 32.2 Å². The maximum atomic E-state index is 11.9. The highest BCUT2D eigenvalue weighted by molar-refractivity contribution is 5.88. The highest BCUT2D eigenvalue weighted by atomic mass is 16.4. The molecule has 0 aromatic heterocycles. The molecule has 0 aromatic rings. The Labute approximate surface area is 102 Å². The maximum Gasteiger partial charge on any atom is 0.329 e. The van der Waals surface area contributed by atoms with Gasteiger partial charge in [-0.3, -0.25) is 4.79 Å². The zero-order valence-electron chi connectivity index (χ0n) is 10.4. The molecule has 5 nitrogen and oxygen atoms in total. The Bertz CT molecular complexity index is 285. The SMILES string of the molecule is CC(CCCN)C(=O)NC1(C(=O)O)CCCC1. The van der Waals surface area contributed by atoms with E-state index in [2.05, 4.69) is 5.32 Å². The van der Waals surface area contributed by atoms with Gasteiger partial charge in [-0.1, -0.05) is 19.8 Å². The lowest BCUT2D eigenvalue weighted by atomic mass is 9.95. The molecule has 17 heavy (non-hydrogen) atoms. The summed E-state index contributed by atoms with van der Waals surface area (Å²) in [4.78, 5) is 23.2. The van der Waals surface area contributed by atoms with Crippen molar-refractivity contribution in [3.63, 3.8) is 0 Å². The van der Waals surface area contributed by atoms with E-state index in [0.29, 0.717) is 25.8 Å². The number of hydrogen-bond donors (Lipinski definition) is 3. The number of carbonyl (C=O) groups is 2. The van der Waals surface area contributed by atoms with Crippen LogP contribution in [0.5, 0.6) is 0 Å². The topological polar surface area (TPSA) is 92.4 Å². The second-order valence-corrected chi connectivity index (χ2v) is 4.92. The first-order valence-electron chi connectivity index (χ1n) is 6.27. The van der Waals surface area contributed by atoms with E-state index >= 15 is 0 Å². The highest BCUT2D eigenvalue weighted by Crippen LogP contribution is 2.30. The molecule has 5 heteroatoms. The summed E-state index contributed by atoms with van der Waals surface area (Å²) in [5.74, 6) is -1.24. The fourth-order valence-corrected chi connectivity index (χ4v) is 2.29. The lowest BCUT2D eigenvalue weighted by Crippen LogP contribution is -2.53. The Hall–Kier alpha value is -1.10. The molecule has 0 aromatic carbocycles. The van der Waals surface area contributed by atoms with Gasteiger partial charge >= 0.3 is 5.97 Å². The fourth-order valence-electron chi connectivity index (χ4n) is 2.29. The van der Waals surface area contributed by atoms with Crippen LogP contribution in [0.3, 0.4) is 0 Å². The molecule has 0 radical (unpaired) electrons. The highest BCUT2D eigenvalue weighted by Gasteiger charge is 2.43. The molecule has 1 unspecified atom stereocenters. The lowest BCUT2D eigenvalue weighted by Gasteiger charge is -2.27. The Morgan fingerprint density at radius 3 is 2.47 bits per heavy atom. The van der Waals surface area contributed by atoms with Crippen molar-refractivity contribution in [1.82, 2.24) is 5.32 Å². The molecule has 1 aliphatic rings. The lowest BCUT2D eigenvalue weighted by molar-refractivity contribution is -0.148. The van der Waals surface area contributed by atoms with Crippen molar-refractivity contribution >= 4 is 11.9 Å². The van der Waals surface area contributed by atoms with Crippen LogP contribution in [0.25, 0.3) is 0 Å². The van der Waals surface area contributed by atoms with Crippen LogP contribution in [0.1, 0.15) is 45.4 Å². The van der Waals surface area contributed by atoms with Crippen molar-refractivity contribution in [2.24, 2.45) is 11.7 Å². The molecule has 1 rings (SSSR count). The summed E-state index contributed by atoms with van der Waals surface area (Å²) in [7, 11) is 0. The summed E-state index contributed by atoms with van der Waals surface area (Å²) in [6.45, 7) is 2.37. The quantitative estimate of drug-likeness (QED) is 0.644. The number of aliphatic carboxylic acids is 1. The first-order valence-corrected chi connectivity index (χ1v) is 6.27. The molecule has 1 fully saturated rings. The molecule has 1 saturated carbocycles. The summed E-state index contributed by atoms with van der Waals surface area (Å²) in [6.07, 6.45) is 4.30. The number of carboxylic acid groups (broad SMARTS) is 1. The third-order valence-corrected chi connectivity index (χ3v) is 3.52. The van der Waals surface area contributed by atoms with Crippen LogP contribution in [-0.2, 0) is 9.59 Å². The minimum atomic E-state index is -1.02. The Morgan fingerprint density at radius 2 is 2.00 bits per heavy atom. The largest absolute Gasteiger partial charge is 0.480 e. The molecule has 1 amide bonds. The second kappa shape index (κ2) is 6.00. The molecule has 1 atom stereocenters. The molecule has 0 spiro atoms. The fraction of sp³-hybridized carbons (Fsp3) is 0.833. The second-order valence-electron chi connectivity index (χ2n) is 4.92. The van der Waals surface area contributed by atoms with Crippen LogP contribution < -0.4 is 11.1 Å². The predicted molar refractivity (Wildman–Crippen MR) is 64.4 cm³/mol. The molecular formula is C12H22N2O3. The van der Waals surface area contributed by atoms with E-state index in [-0.39, 0.29) is 11.8 Å². The molecule has 0 saturated heterocycles.